The number of rotatable bonds is 6. The molecule has 0 aromatic rings. The van der Waals surface area contributed by atoms with Gasteiger partial charge in [0.15, 0.2) is 0 Å². The van der Waals surface area contributed by atoms with E-state index >= 15 is 0 Å². The molecule has 0 radical (unpaired) electrons. The van der Waals surface area contributed by atoms with Crippen LogP contribution in [0.25, 0.3) is 0 Å². The van der Waals surface area contributed by atoms with Crippen molar-refractivity contribution >= 4 is 0 Å². The minimum absolute atomic E-state index is 0.319. The summed E-state index contributed by atoms with van der Waals surface area (Å²) >= 11 is 0. The van der Waals surface area contributed by atoms with Crippen LogP contribution < -0.4 is 5.73 Å². The second-order valence-electron chi connectivity index (χ2n) is 6.78. The van der Waals surface area contributed by atoms with Gasteiger partial charge in [-0.1, -0.05) is 66.0 Å². The zero-order valence-corrected chi connectivity index (χ0v) is 13.8. The van der Waals surface area contributed by atoms with Crippen molar-refractivity contribution in [1.29, 1.82) is 0 Å². The minimum atomic E-state index is 0.319. The Hall–Kier alpha value is -0.720. The molecule has 1 aliphatic carbocycles. The Bertz CT molecular complexity index is 354. The highest BCUT2D eigenvalue weighted by Gasteiger charge is 2.35. The molecular formula is C18H33N. The van der Waals surface area contributed by atoms with Crippen molar-refractivity contribution in [3.8, 4) is 0 Å². The first-order valence-electron chi connectivity index (χ1n) is 8.03. The number of hydrogen-bond acceptors (Lipinski definition) is 1. The predicted molar refractivity (Wildman–Crippen MR) is 85.8 cm³/mol. The van der Waals surface area contributed by atoms with E-state index in [9.17, 15) is 0 Å². The fourth-order valence-electron chi connectivity index (χ4n) is 3.18. The molecule has 0 heterocycles. The summed E-state index contributed by atoms with van der Waals surface area (Å²) in [5.41, 5.74) is 9.46. The zero-order chi connectivity index (χ0) is 14.7. The highest BCUT2D eigenvalue weighted by atomic mass is 14.6. The minimum Gasteiger partial charge on any atom is -0.399 e. The van der Waals surface area contributed by atoms with Crippen molar-refractivity contribution < 1.29 is 0 Å². The maximum Gasteiger partial charge on any atom is 0.0276 e. The van der Waals surface area contributed by atoms with Crippen LogP contribution in [0.1, 0.15) is 73.6 Å². The monoisotopic (exact) mass is 263 g/mol. The van der Waals surface area contributed by atoms with Crippen molar-refractivity contribution in [1.82, 2.24) is 0 Å². The van der Waals surface area contributed by atoms with E-state index in [-0.39, 0.29) is 0 Å². The molecule has 0 spiro atoms. The van der Waals surface area contributed by atoms with Gasteiger partial charge >= 0.3 is 0 Å². The normalized spacial score (nSPS) is 21.1. The van der Waals surface area contributed by atoms with E-state index < -0.39 is 0 Å². The third-order valence-corrected chi connectivity index (χ3v) is 6.02. The average molecular weight is 263 g/mol. The van der Waals surface area contributed by atoms with E-state index in [2.05, 4.69) is 53.7 Å². The Kier molecular flexibility index (Phi) is 5.29. The van der Waals surface area contributed by atoms with E-state index in [0.29, 0.717) is 16.7 Å². The molecule has 110 valence electrons. The fraction of sp³-hybridized carbons (Fsp3) is 0.778. The third-order valence-electron chi connectivity index (χ3n) is 6.02. The second-order valence-corrected chi connectivity index (χ2v) is 6.78. The summed E-state index contributed by atoms with van der Waals surface area (Å²) in [6, 6.07) is 0. The van der Waals surface area contributed by atoms with Crippen LogP contribution in [0.4, 0.5) is 0 Å². The van der Waals surface area contributed by atoms with Crippen molar-refractivity contribution in [2.75, 3.05) is 0 Å². The van der Waals surface area contributed by atoms with Gasteiger partial charge in [0.1, 0.15) is 0 Å². The van der Waals surface area contributed by atoms with Gasteiger partial charge in [0.2, 0.25) is 0 Å². The third kappa shape index (κ3) is 3.24. The van der Waals surface area contributed by atoms with Crippen molar-refractivity contribution in [3.05, 3.63) is 23.4 Å². The van der Waals surface area contributed by atoms with Crippen LogP contribution in [0, 0.1) is 16.7 Å². The Labute approximate surface area is 120 Å². The summed E-state index contributed by atoms with van der Waals surface area (Å²) < 4.78 is 0. The highest BCUT2D eigenvalue weighted by Crippen LogP contribution is 2.47. The first kappa shape index (κ1) is 16.3. The van der Waals surface area contributed by atoms with Gasteiger partial charge < -0.3 is 5.73 Å². The molecule has 0 bridgehead atoms. The van der Waals surface area contributed by atoms with Crippen LogP contribution >= 0.6 is 0 Å². The van der Waals surface area contributed by atoms with Crippen molar-refractivity contribution in [2.45, 2.75) is 73.6 Å². The van der Waals surface area contributed by atoms with Crippen LogP contribution in [0.3, 0.4) is 0 Å². The van der Waals surface area contributed by atoms with Gasteiger partial charge in [0.25, 0.3) is 0 Å². The Morgan fingerprint density at radius 2 is 1.58 bits per heavy atom. The van der Waals surface area contributed by atoms with Gasteiger partial charge in [-0.3, -0.25) is 0 Å². The van der Waals surface area contributed by atoms with Gasteiger partial charge in [0.05, 0.1) is 0 Å². The topological polar surface area (TPSA) is 26.0 Å². The Morgan fingerprint density at radius 1 is 1.05 bits per heavy atom. The van der Waals surface area contributed by atoms with Gasteiger partial charge in [-0.05, 0) is 42.1 Å². The zero-order valence-electron chi connectivity index (χ0n) is 13.8. The van der Waals surface area contributed by atoms with E-state index in [1.807, 2.05) is 0 Å². The Balaban J connectivity index is 3.06. The van der Waals surface area contributed by atoms with Crippen LogP contribution in [0.5, 0.6) is 0 Å². The SMILES string of the molecule is CCC(C)(CC)C1=CC(N)=CC(C(C)(CC)CC)C1. The molecule has 19 heavy (non-hydrogen) atoms. The fourth-order valence-corrected chi connectivity index (χ4v) is 3.18. The van der Waals surface area contributed by atoms with Gasteiger partial charge in [-0.25, -0.2) is 0 Å². The van der Waals surface area contributed by atoms with E-state index in [4.69, 9.17) is 5.73 Å². The maximum absolute atomic E-state index is 6.21. The lowest BCUT2D eigenvalue weighted by molar-refractivity contribution is 0.192. The molecule has 0 aromatic heterocycles. The standard InChI is InChI=1S/C18H33N/c1-7-17(5,8-2)14-11-15(13-16(19)12-14)18(6,9-3)10-4/h12-14H,7-11,19H2,1-6H3. The molecular weight excluding hydrogens is 230 g/mol. The van der Waals surface area contributed by atoms with Gasteiger partial charge in [-0.15, -0.1) is 0 Å². The summed E-state index contributed by atoms with van der Waals surface area (Å²) in [5, 5.41) is 0. The lowest BCUT2D eigenvalue weighted by atomic mass is 9.64. The van der Waals surface area contributed by atoms with Crippen LogP contribution in [0.15, 0.2) is 23.4 Å². The molecule has 1 unspecified atom stereocenters. The molecule has 0 saturated heterocycles. The summed E-state index contributed by atoms with van der Waals surface area (Å²) in [4.78, 5) is 0. The summed E-state index contributed by atoms with van der Waals surface area (Å²) in [6.07, 6.45) is 10.6. The summed E-state index contributed by atoms with van der Waals surface area (Å²) in [6.45, 7) is 14.0. The smallest absolute Gasteiger partial charge is 0.0276 e. The van der Waals surface area contributed by atoms with Crippen LogP contribution in [-0.4, -0.2) is 0 Å². The lowest BCUT2D eigenvalue weighted by Gasteiger charge is -2.41. The molecule has 1 atom stereocenters. The second kappa shape index (κ2) is 6.15. The van der Waals surface area contributed by atoms with Gasteiger partial charge in [-0.2, -0.15) is 0 Å². The average Bonchev–Trinajstić information content (AvgIpc) is 2.44. The number of allylic oxidation sites excluding steroid dienone is 3. The van der Waals surface area contributed by atoms with Crippen molar-refractivity contribution in [2.24, 2.45) is 22.5 Å². The molecule has 0 aliphatic heterocycles. The van der Waals surface area contributed by atoms with Crippen molar-refractivity contribution in [3.63, 3.8) is 0 Å². The molecule has 0 saturated carbocycles. The molecule has 1 heteroatoms. The predicted octanol–water partition coefficient (Wildman–Crippen LogP) is 5.43. The van der Waals surface area contributed by atoms with E-state index in [1.165, 1.54) is 32.1 Å². The quantitative estimate of drug-likeness (QED) is 0.679. The molecule has 1 rings (SSSR count). The molecule has 0 amide bonds. The van der Waals surface area contributed by atoms with Crippen LogP contribution in [-0.2, 0) is 0 Å². The number of nitrogens with two attached hydrogens (primary N) is 1. The first-order chi connectivity index (χ1) is 8.85. The Morgan fingerprint density at radius 3 is 2.00 bits per heavy atom. The molecule has 1 nitrogen and oxygen atoms in total. The maximum atomic E-state index is 6.21. The first-order valence-corrected chi connectivity index (χ1v) is 8.03. The summed E-state index contributed by atoms with van der Waals surface area (Å²) in [7, 11) is 0. The molecule has 1 aliphatic rings. The van der Waals surface area contributed by atoms with E-state index in [1.54, 1.807) is 5.57 Å². The summed E-state index contributed by atoms with van der Waals surface area (Å²) in [5.74, 6) is 0.597. The van der Waals surface area contributed by atoms with Crippen LogP contribution in [0.2, 0.25) is 0 Å². The molecule has 0 aromatic carbocycles. The molecule has 0 fully saturated rings. The van der Waals surface area contributed by atoms with E-state index in [0.717, 1.165) is 5.70 Å². The number of hydrogen-bond donors (Lipinski definition) is 1. The van der Waals surface area contributed by atoms with Gasteiger partial charge in [0, 0.05) is 5.70 Å². The molecule has 2 N–H and O–H groups in total. The highest BCUT2D eigenvalue weighted by molar-refractivity contribution is 5.32. The largest absolute Gasteiger partial charge is 0.399 e. The lowest BCUT2D eigenvalue weighted by Crippen LogP contribution is -2.31.